The average Bonchev–Trinajstić information content (AvgIpc) is 1.82. The van der Waals surface area contributed by atoms with Crippen LogP contribution < -0.4 is 0 Å². The molecule has 1 aromatic heterocycles. The van der Waals surface area contributed by atoms with Crippen molar-refractivity contribution < 1.29 is 2.74 Å². The minimum atomic E-state index is -0.102. The number of hydrogen-bond acceptors (Lipinski definition) is 2. The van der Waals surface area contributed by atoms with Crippen LogP contribution in [0.5, 0.6) is 0 Å². The maximum atomic E-state index is 7.24. The Balaban J connectivity index is 3.31. The van der Waals surface area contributed by atoms with Crippen molar-refractivity contribution in [3.63, 3.8) is 0 Å². The van der Waals surface area contributed by atoms with Crippen molar-refractivity contribution in [2.75, 3.05) is 0 Å². The van der Waals surface area contributed by atoms with E-state index < -0.39 is 0 Å². The molecule has 0 aliphatic rings. The van der Waals surface area contributed by atoms with Crippen LogP contribution in [0.4, 0.5) is 0 Å². The van der Waals surface area contributed by atoms with Gasteiger partial charge in [-0.05, 0) is 31.9 Å². The van der Waals surface area contributed by atoms with E-state index in [2.05, 4.69) is 41.8 Å². The topological polar surface area (TPSA) is 25.8 Å². The van der Waals surface area contributed by atoms with Crippen molar-refractivity contribution in [1.82, 2.24) is 9.97 Å². The molecule has 0 aliphatic carbocycles. The lowest BCUT2D eigenvalue weighted by Gasteiger charge is -1.85. The molecule has 0 aromatic carbocycles. The van der Waals surface area contributed by atoms with E-state index in [1.54, 1.807) is 0 Å². The second-order valence-corrected chi connectivity index (χ2v) is 2.53. The van der Waals surface area contributed by atoms with Gasteiger partial charge in [0.2, 0.25) is 0 Å². The van der Waals surface area contributed by atoms with Gasteiger partial charge in [0, 0.05) is 6.04 Å². The molecule has 1 aromatic rings. The molecule has 0 atom stereocenters. The van der Waals surface area contributed by atoms with Gasteiger partial charge in [-0.3, -0.25) is 0 Å². The SMILES string of the molecule is [2H]c1nc(Br)c([2H])c(Br)n1. The maximum Gasteiger partial charge on any atom is 0.118 e. The Morgan fingerprint density at radius 3 is 2.38 bits per heavy atom. The fourth-order valence-corrected chi connectivity index (χ4v) is 1.05. The second-order valence-electron chi connectivity index (χ2n) is 1.03. The number of aromatic nitrogens is 2. The lowest BCUT2D eigenvalue weighted by Crippen LogP contribution is -1.77. The smallest absolute Gasteiger partial charge is 0.118 e. The summed E-state index contributed by atoms with van der Waals surface area (Å²) in [6.07, 6.45) is -0.102. The molecule has 1 rings (SSSR count). The highest BCUT2D eigenvalue weighted by Gasteiger charge is 1.86. The van der Waals surface area contributed by atoms with Crippen LogP contribution in [0.3, 0.4) is 0 Å². The summed E-state index contributed by atoms with van der Waals surface area (Å²) in [6.45, 7) is 0. The summed E-state index contributed by atoms with van der Waals surface area (Å²) >= 11 is 6.02. The first-order valence-corrected chi connectivity index (χ1v) is 3.36. The Morgan fingerprint density at radius 1 is 1.38 bits per heavy atom. The van der Waals surface area contributed by atoms with Crippen molar-refractivity contribution in [3.05, 3.63) is 21.6 Å². The summed E-state index contributed by atoms with van der Waals surface area (Å²) in [6, 6.07) is 0.163. The quantitative estimate of drug-likeness (QED) is 0.648. The van der Waals surface area contributed by atoms with Crippen molar-refractivity contribution in [3.8, 4) is 0 Å². The molecule has 8 heavy (non-hydrogen) atoms. The van der Waals surface area contributed by atoms with Crippen LogP contribution >= 0.6 is 31.9 Å². The number of nitrogens with zero attached hydrogens (tertiary/aromatic N) is 2. The molecule has 1 heterocycles. The second kappa shape index (κ2) is 2.55. The largest absolute Gasteiger partial charge is 0.229 e. The van der Waals surface area contributed by atoms with Crippen molar-refractivity contribution in [1.29, 1.82) is 0 Å². The van der Waals surface area contributed by atoms with Crippen molar-refractivity contribution in [2.45, 2.75) is 0 Å². The number of hydrogen-bond donors (Lipinski definition) is 0. The molecule has 42 valence electrons. The molecule has 0 aliphatic heterocycles. The summed E-state index contributed by atoms with van der Waals surface area (Å²) in [5.74, 6) is 0. The minimum Gasteiger partial charge on any atom is -0.229 e. The molecule has 0 N–H and O–H groups in total. The van der Waals surface area contributed by atoms with Gasteiger partial charge < -0.3 is 0 Å². The van der Waals surface area contributed by atoms with Gasteiger partial charge in [-0.1, -0.05) is 0 Å². The van der Waals surface area contributed by atoms with E-state index in [-0.39, 0.29) is 12.3 Å². The van der Waals surface area contributed by atoms with E-state index in [1.807, 2.05) is 0 Å². The van der Waals surface area contributed by atoms with Crippen LogP contribution in [0.15, 0.2) is 21.6 Å². The number of halogens is 2. The Labute approximate surface area is 66.4 Å². The average molecular weight is 240 g/mol. The van der Waals surface area contributed by atoms with Gasteiger partial charge >= 0.3 is 0 Å². The summed E-state index contributed by atoms with van der Waals surface area (Å²) in [4.78, 5) is 7.18. The van der Waals surface area contributed by atoms with E-state index in [9.17, 15) is 0 Å². The van der Waals surface area contributed by atoms with Crippen LogP contribution in [-0.4, -0.2) is 9.97 Å². The molecule has 0 saturated carbocycles. The molecule has 0 radical (unpaired) electrons. The fraction of sp³-hybridized carbons (Fsp3) is 0. The van der Waals surface area contributed by atoms with Crippen LogP contribution in [-0.2, 0) is 0 Å². The third-order valence-corrected chi connectivity index (χ3v) is 1.25. The number of rotatable bonds is 0. The Kier molecular flexibility index (Phi) is 1.26. The van der Waals surface area contributed by atoms with E-state index in [4.69, 9.17) is 2.74 Å². The standard InChI is InChI=1S/C4H2Br2N2/c5-3-1-4(6)8-2-7-3/h1-2H/i1D,2D. The summed E-state index contributed by atoms with van der Waals surface area (Å²) in [5, 5.41) is 0. The fourth-order valence-electron chi connectivity index (χ4n) is 0.254. The maximum absolute atomic E-state index is 7.24. The molecule has 0 spiro atoms. The van der Waals surface area contributed by atoms with Crippen LogP contribution in [0.25, 0.3) is 0 Å². The molecule has 0 bridgehead atoms. The first kappa shape index (κ1) is 3.95. The summed E-state index contributed by atoms with van der Waals surface area (Å²) in [7, 11) is 0. The van der Waals surface area contributed by atoms with E-state index in [0.717, 1.165) is 0 Å². The van der Waals surface area contributed by atoms with Gasteiger partial charge in [-0.25, -0.2) is 9.97 Å². The van der Waals surface area contributed by atoms with Gasteiger partial charge in [0.1, 0.15) is 16.9 Å². The lowest BCUT2D eigenvalue weighted by atomic mass is 10.7. The normalized spacial score (nSPS) is 12.8. The zero-order valence-electron chi connectivity index (χ0n) is 5.65. The highest BCUT2D eigenvalue weighted by molar-refractivity contribution is 9.11. The minimum absolute atomic E-state index is 0.102. The van der Waals surface area contributed by atoms with E-state index in [1.165, 1.54) is 0 Å². The molecular formula is C4H2Br2N2. The third kappa shape index (κ3) is 1.52. The molecule has 0 amide bonds. The molecule has 0 saturated heterocycles. The lowest BCUT2D eigenvalue weighted by molar-refractivity contribution is 1.11. The van der Waals surface area contributed by atoms with Gasteiger partial charge in [-0.15, -0.1) is 0 Å². The zero-order valence-corrected chi connectivity index (χ0v) is 6.82. The Bertz CT molecular complexity index is 242. The molecule has 0 unspecified atom stereocenters. The van der Waals surface area contributed by atoms with Crippen LogP contribution in [0, 0.1) is 0 Å². The first-order chi connectivity index (χ1) is 4.61. The monoisotopic (exact) mass is 238 g/mol. The Hall–Kier alpha value is 0.0400. The molecule has 2 nitrogen and oxygen atoms in total. The van der Waals surface area contributed by atoms with Crippen molar-refractivity contribution >= 4 is 31.9 Å². The third-order valence-electron chi connectivity index (χ3n) is 0.503. The Morgan fingerprint density at radius 2 is 1.88 bits per heavy atom. The van der Waals surface area contributed by atoms with E-state index >= 15 is 0 Å². The predicted molar refractivity (Wildman–Crippen MR) is 37.4 cm³/mol. The highest BCUT2D eigenvalue weighted by atomic mass is 79.9. The van der Waals surface area contributed by atoms with Gasteiger partial charge in [0.15, 0.2) is 0 Å². The van der Waals surface area contributed by atoms with E-state index in [0.29, 0.717) is 9.21 Å². The van der Waals surface area contributed by atoms with Crippen LogP contribution in [0.1, 0.15) is 2.74 Å². The van der Waals surface area contributed by atoms with Crippen LogP contribution in [0.2, 0.25) is 0 Å². The predicted octanol–water partition coefficient (Wildman–Crippen LogP) is 2.00. The van der Waals surface area contributed by atoms with Gasteiger partial charge in [0.05, 0.1) is 1.37 Å². The van der Waals surface area contributed by atoms with Gasteiger partial charge in [0.25, 0.3) is 0 Å². The molecular weight excluding hydrogens is 236 g/mol. The summed E-state index contributed by atoms with van der Waals surface area (Å²) in [5.41, 5.74) is 0. The first-order valence-electron chi connectivity index (χ1n) is 2.77. The highest BCUT2D eigenvalue weighted by Crippen LogP contribution is 2.09. The molecule has 4 heteroatoms. The zero-order chi connectivity index (χ0) is 7.72. The van der Waals surface area contributed by atoms with Gasteiger partial charge in [-0.2, -0.15) is 0 Å². The summed E-state index contributed by atoms with van der Waals surface area (Å²) < 4.78 is 14.9. The van der Waals surface area contributed by atoms with Crippen molar-refractivity contribution in [2.24, 2.45) is 0 Å². The molecule has 0 fully saturated rings.